The van der Waals surface area contributed by atoms with Crippen molar-refractivity contribution in [1.29, 1.82) is 0 Å². The maximum Gasteiger partial charge on any atom is 0.0624 e. The molecular weight excluding hydrogens is 260 g/mol. The van der Waals surface area contributed by atoms with Crippen LogP contribution in [0.3, 0.4) is 0 Å². The minimum atomic E-state index is 0.268. The molecule has 1 unspecified atom stereocenters. The molecule has 0 fully saturated rings. The minimum absolute atomic E-state index is 0.268. The fourth-order valence-electron chi connectivity index (χ4n) is 2.65. The van der Waals surface area contributed by atoms with E-state index in [4.69, 9.17) is 5.84 Å². The molecular formula is C17H26N4. The zero-order chi connectivity index (χ0) is 15.2. The lowest BCUT2D eigenvalue weighted by Crippen LogP contribution is -2.37. The van der Waals surface area contributed by atoms with Crippen LogP contribution in [0, 0.1) is 6.92 Å². The molecule has 0 saturated carbocycles. The number of rotatable bonds is 7. The van der Waals surface area contributed by atoms with E-state index in [1.54, 1.807) is 0 Å². The van der Waals surface area contributed by atoms with E-state index in [0.29, 0.717) is 0 Å². The van der Waals surface area contributed by atoms with Gasteiger partial charge in [0.1, 0.15) is 0 Å². The second-order valence-electron chi connectivity index (χ2n) is 5.64. The van der Waals surface area contributed by atoms with E-state index in [1.165, 1.54) is 16.8 Å². The largest absolute Gasteiger partial charge is 0.272 e. The number of aromatic nitrogens is 2. The molecule has 2 aromatic rings. The van der Waals surface area contributed by atoms with Gasteiger partial charge in [-0.3, -0.25) is 16.0 Å². The fourth-order valence-corrected chi connectivity index (χ4v) is 2.65. The standard InChI is InChI=1S/C17H26N4/c1-4-15-11-17(21(3)20-15)12-16(19-18)10-9-14-8-6-5-7-13(14)2/h5-8,11,16,19H,4,9-10,12,18H2,1-3H3. The third-order valence-electron chi connectivity index (χ3n) is 4.10. The summed E-state index contributed by atoms with van der Waals surface area (Å²) in [6.45, 7) is 4.29. The first-order chi connectivity index (χ1) is 10.1. The van der Waals surface area contributed by atoms with Crippen LogP contribution in [0.1, 0.15) is 35.9 Å². The zero-order valence-electron chi connectivity index (χ0n) is 13.3. The van der Waals surface area contributed by atoms with Crippen molar-refractivity contribution in [1.82, 2.24) is 15.2 Å². The van der Waals surface area contributed by atoms with Crippen molar-refractivity contribution in [2.24, 2.45) is 12.9 Å². The summed E-state index contributed by atoms with van der Waals surface area (Å²) >= 11 is 0. The molecule has 0 aliphatic rings. The van der Waals surface area contributed by atoms with Crippen LogP contribution < -0.4 is 11.3 Å². The van der Waals surface area contributed by atoms with Gasteiger partial charge in [0.25, 0.3) is 0 Å². The van der Waals surface area contributed by atoms with E-state index < -0.39 is 0 Å². The Hall–Kier alpha value is -1.65. The van der Waals surface area contributed by atoms with Gasteiger partial charge in [-0.2, -0.15) is 5.10 Å². The summed E-state index contributed by atoms with van der Waals surface area (Å²) in [5.74, 6) is 5.73. The topological polar surface area (TPSA) is 55.9 Å². The van der Waals surface area contributed by atoms with E-state index in [0.717, 1.165) is 31.4 Å². The molecule has 1 atom stereocenters. The highest BCUT2D eigenvalue weighted by atomic mass is 15.3. The lowest BCUT2D eigenvalue weighted by Gasteiger charge is -2.16. The summed E-state index contributed by atoms with van der Waals surface area (Å²) in [5.41, 5.74) is 8.08. The van der Waals surface area contributed by atoms with Crippen molar-refractivity contribution in [3.63, 3.8) is 0 Å². The molecule has 0 bridgehead atoms. The third-order valence-corrected chi connectivity index (χ3v) is 4.10. The predicted octanol–water partition coefficient (Wildman–Crippen LogP) is 2.30. The van der Waals surface area contributed by atoms with Crippen molar-refractivity contribution >= 4 is 0 Å². The monoisotopic (exact) mass is 286 g/mol. The number of benzene rings is 1. The van der Waals surface area contributed by atoms with Gasteiger partial charge in [-0.1, -0.05) is 31.2 Å². The third kappa shape index (κ3) is 4.16. The zero-order valence-corrected chi connectivity index (χ0v) is 13.3. The van der Waals surface area contributed by atoms with Crippen LogP contribution in [0.15, 0.2) is 30.3 Å². The second kappa shape index (κ2) is 7.38. The second-order valence-corrected chi connectivity index (χ2v) is 5.64. The van der Waals surface area contributed by atoms with Gasteiger partial charge >= 0.3 is 0 Å². The van der Waals surface area contributed by atoms with Crippen LogP contribution in [0.2, 0.25) is 0 Å². The highest BCUT2D eigenvalue weighted by molar-refractivity contribution is 5.25. The lowest BCUT2D eigenvalue weighted by molar-refractivity contribution is 0.477. The number of nitrogens with one attached hydrogen (secondary N) is 1. The van der Waals surface area contributed by atoms with Crippen LogP contribution in [0.25, 0.3) is 0 Å². The lowest BCUT2D eigenvalue weighted by atomic mass is 9.99. The van der Waals surface area contributed by atoms with E-state index in [9.17, 15) is 0 Å². The predicted molar refractivity (Wildman–Crippen MR) is 86.9 cm³/mol. The van der Waals surface area contributed by atoms with Crippen LogP contribution in [0.5, 0.6) is 0 Å². The van der Waals surface area contributed by atoms with Gasteiger partial charge in [-0.15, -0.1) is 0 Å². The number of hydrogen-bond donors (Lipinski definition) is 2. The van der Waals surface area contributed by atoms with Crippen LogP contribution in [-0.4, -0.2) is 15.8 Å². The van der Waals surface area contributed by atoms with Gasteiger partial charge in [-0.05, 0) is 43.4 Å². The number of hydrazine groups is 1. The molecule has 0 aliphatic heterocycles. The Morgan fingerprint density at radius 3 is 2.71 bits per heavy atom. The molecule has 114 valence electrons. The summed E-state index contributed by atoms with van der Waals surface area (Å²) in [7, 11) is 2.00. The van der Waals surface area contributed by atoms with E-state index in [1.807, 2.05) is 11.7 Å². The highest BCUT2D eigenvalue weighted by Crippen LogP contribution is 2.13. The molecule has 4 nitrogen and oxygen atoms in total. The first-order valence-electron chi connectivity index (χ1n) is 7.66. The molecule has 0 spiro atoms. The van der Waals surface area contributed by atoms with Gasteiger partial charge in [0.2, 0.25) is 0 Å². The number of nitrogens with two attached hydrogens (primary N) is 1. The summed E-state index contributed by atoms with van der Waals surface area (Å²) < 4.78 is 1.97. The van der Waals surface area contributed by atoms with Gasteiger partial charge in [0.05, 0.1) is 5.69 Å². The SMILES string of the molecule is CCc1cc(CC(CCc2ccccc2C)NN)n(C)n1. The van der Waals surface area contributed by atoms with Gasteiger partial charge in [0, 0.05) is 25.2 Å². The van der Waals surface area contributed by atoms with Gasteiger partial charge in [-0.25, -0.2) is 0 Å². The Balaban J connectivity index is 1.97. The summed E-state index contributed by atoms with van der Waals surface area (Å²) in [4.78, 5) is 0. The van der Waals surface area contributed by atoms with Crippen LogP contribution in [-0.2, 0) is 26.3 Å². The van der Waals surface area contributed by atoms with Crippen molar-refractivity contribution in [2.75, 3.05) is 0 Å². The first kappa shape index (κ1) is 15.7. The highest BCUT2D eigenvalue weighted by Gasteiger charge is 2.12. The Morgan fingerprint density at radius 2 is 2.10 bits per heavy atom. The number of nitrogens with zero attached hydrogens (tertiary/aromatic N) is 2. The average molecular weight is 286 g/mol. The molecule has 1 aromatic carbocycles. The average Bonchev–Trinajstić information content (AvgIpc) is 2.85. The van der Waals surface area contributed by atoms with Crippen molar-refractivity contribution < 1.29 is 0 Å². The van der Waals surface area contributed by atoms with E-state index in [2.05, 4.69) is 54.7 Å². The first-order valence-corrected chi connectivity index (χ1v) is 7.66. The Kier molecular flexibility index (Phi) is 5.53. The Morgan fingerprint density at radius 1 is 1.33 bits per heavy atom. The normalized spacial score (nSPS) is 12.6. The number of hydrogen-bond acceptors (Lipinski definition) is 3. The molecule has 21 heavy (non-hydrogen) atoms. The molecule has 0 radical (unpaired) electrons. The van der Waals surface area contributed by atoms with Crippen LogP contribution in [0.4, 0.5) is 0 Å². The smallest absolute Gasteiger partial charge is 0.0624 e. The van der Waals surface area contributed by atoms with E-state index in [-0.39, 0.29) is 6.04 Å². The molecule has 1 heterocycles. The quantitative estimate of drug-likeness (QED) is 0.606. The molecule has 0 saturated heterocycles. The van der Waals surface area contributed by atoms with Crippen molar-refractivity contribution in [3.05, 3.63) is 52.8 Å². The van der Waals surface area contributed by atoms with Gasteiger partial charge < -0.3 is 0 Å². The Labute approximate surface area is 127 Å². The maximum atomic E-state index is 5.73. The number of aryl methyl sites for hydroxylation is 4. The summed E-state index contributed by atoms with van der Waals surface area (Å²) in [6.07, 6.45) is 3.94. The maximum absolute atomic E-state index is 5.73. The van der Waals surface area contributed by atoms with E-state index >= 15 is 0 Å². The summed E-state index contributed by atoms with van der Waals surface area (Å²) in [6, 6.07) is 11.0. The minimum Gasteiger partial charge on any atom is -0.272 e. The fraction of sp³-hybridized carbons (Fsp3) is 0.471. The molecule has 1 aromatic heterocycles. The van der Waals surface area contributed by atoms with Crippen molar-refractivity contribution in [2.45, 2.75) is 45.6 Å². The molecule has 0 aliphatic carbocycles. The molecule has 2 rings (SSSR count). The molecule has 0 amide bonds. The molecule has 3 N–H and O–H groups in total. The summed E-state index contributed by atoms with van der Waals surface area (Å²) in [5, 5.41) is 4.50. The van der Waals surface area contributed by atoms with Crippen LogP contribution >= 0.6 is 0 Å². The van der Waals surface area contributed by atoms with Crippen molar-refractivity contribution in [3.8, 4) is 0 Å². The Bertz CT molecular complexity index is 574. The molecule has 4 heteroatoms. The van der Waals surface area contributed by atoms with Gasteiger partial charge in [0.15, 0.2) is 0 Å².